The molecule has 0 aromatic heterocycles. The summed E-state index contributed by atoms with van der Waals surface area (Å²) < 4.78 is 28.2. The van der Waals surface area contributed by atoms with E-state index in [-0.39, 0.29) is 10.9 Å². The van der Waals surface area contributed by atoms with Gasteiger partial charge >= 0.3 is 0 Å². The summed E-state index contributed by atoms with van der Waals surface area (Å²) in [5.41, 5.74) is 7.91. The first-order valence-electron chi connectivity index (χ1n) is 6.36. The number of fused-ring (bicyclic) bond motifs is 1. The molecule has 2 aromatic carbocycles. The fourth-order valence-corrected chi connectivity index (χ4v) is 2.87. The van der Waals surface area contributed by atoms with Crippen LogP contribution in [0.3, 0.4) is 0 Å². The average Bonchev–Trinajstić information content (AvgIpc) is 2.83. The summed E-state index contributed by atoms with van der Waals surface area (Å²) in [5.74, 6) is 0.842. The van der Waals surface area contributed by atoms with Crippen molar-refractivity contribution < 1.29 is 13.2 Å². The zero-order valence-electron chi connectivity index (χ0n) is 11.1. The fourth-order valence-electron chi connectivity index (χ4n) is 2.32. The first-order valence-corrected chi connectivity index (χ1v) is 7.90. The Morgan fingerprint density at radius 3 is 2.67 bits per heavy atom. The number of hydrogen-bond acceptors (Lipinski definition) is 5. The number of hydrogen-bond donors (Lipinski definition) is 3. The number of para-hydroxylation sites is 1. The van der Waals surface area contributed by atoms with E-state index in [0.29, 0.717) is 18.0 Å². The van der Waals surface area contributed by atoms with Crippen LogP contribution < -0.4 is 20.9 Å². The molecular weight excluding hydrogens is 290 g/mol. The Hall–Kier alpha value is -2.25. The summed E-state index contributed by atoms with van der Waals surface area (Å²) in [5, 5.41) is 8.34. The largest absolute Gasteiger partial charge is 0.491 e. The molecule has 1 unspecified atom stereocenters. The van der Waals surface area contributed by atoms with Crippen molar-refractivity contribution in [3.05, 3.63) is 48.0 Å². The van der Waals surface area contributed by atoms with Gasteiger partial charge in [0.05, 0.1) is 22.3 Å². The van der Waals surface area contributed by atoms with E-state index in [0.717, 1.165) is 11.3 Å². The molecule has 1 atom stereocenters. The van der Waals surface area contributed by atoms with Crippen LogP contribution in [0, 0.1) is 0 Å². The minimum Gasteiger partial charge on any atom is -0.491 e. The topological polar surface area (TPSA) is 107 Å². The standard InChI is InChI=1S/C14H15N3O3S/c15-11-7-9(21(16,18)19)5-6-12(11)17-13-8-20-14-4-2-1-3-10(13)14/h1-7,13,17H,8,15H2,(H2,16,18,19). The normalized spacial score (nSPS) is 17.1. The number of rotatable bonds is 3. The molecule has 3 rings (SSSR count). The van der Waals surface area contributed by atoms with Crippen LogP contribution in [0.4, 0.5) is 11.4 Å². The highest BCUT2D eigenvalue weighted by Crippen LogP contribution is 2.35. The van der Waals surface area contributed by atoms with E-state index in [1.807, 2.05) is 24.3 Å². The maximum absolute atomic E-state index is 11.3. The van der Waals surface area contributed by atoms with Crippen LogP contribution in [0.1, 0.15) is 11.6 Å². The lowest BCUT2D eigenvalue weighted by molar-refractivity contribution is 0.340. The monoisotopic (exact) mass is 305 g/mol. The SMILES string of the molecule is Nc1cc(S(N)(=O)=O)ccc1NC1COc2ccccc21. The van der Waals surface area contributed by atoms with E-state index in [1.54, 1.807) is 6.07 Å². The summed E-state index contributed by atoms with van der Waals surface area (Å²) in [4.78, 5) is -0.00591. The zero-order chi connectivity index (χ0) is 15.0. The highest BCUT2D eigenvalue weighted by Gasteiger charge is 2.24. The van der Waals surface area contributed by atoms with Crippen molar-refractivity contribution in [3.63, 3.8) is 0 Å². The molecule has 1 aliphatic rings. The Kier molecular flexibility index (Phi) is 3.23. The van der Waals surface area contributed by atoms with Gasteiger partial charge in [-0.1, -0.05) is 18.2 Å². The molecule has 0 aliphatic carbocycles. The van der Waals surface area contributed by atoms with Gasteiger partial charge in [0.25, 0.3) is 0 Å². The van der Waals surface area contributed by atoms with E-state index in [4.69, 9.17) is 15.6 Å². The van der Waals surface area contributed by atoms with Crippen LogP contribution in [-0.4, -0.2) is 15.0 Å². The number of nitrogens with one attached hydrogen (secondary N) is 1. The summed E-state index contributed by atoms with van der Waals surface area (Å²) >= 11 is 0. The Morgan fingerprint density at radius 1 is 1.19 bits per heavy atom. The Bertz CT molecular complexity index is 790. The van der Waals surface area contributed by atoms with Gasteiger partial charge in [-0.25, -0.2) is 13.6 Å². The van der Waals surface area contributed by atoms with Crippen molar-refractivity contribution >= 4 is 21.4 Å². The van der Waals surface area contributed by atoms with Crippen molar-refractivity contribution in [1.82, 2.24) is 0 Å². The van der Waals surface area contributed by atoms with Gasteiger partial charge in [0, 0.05) is 5.56 Å². The van der Waals surface area contributed by atoms with Gasteiger partial charge < -0.3 is 15.8 Å². The van der Waals surface area contributed by atoms with E-state index in [1.165, 1.54) is 12.1 Å². The molecule has 0 bridgehead atoms. The minimum absolute atomic E-state index is 0.00591. The maximum atomic E-state index is 11.3. The van der Waals surface area contributed by atoms with Gasteiger partial charge in [-0.05, 0) is 24.3 Å². The number of primary sulfonamides is 1. The third-order valence-corrected chi connectivity index (χ3v) is 4.29. The van der Waals surface area contributed by atoms with Gasteiger partial charge in [-0.15, -0.1) is 0 Å². The minimum atomic E-state index is -3.75. The van der Waals surface area contributed by atoms with Crippen LogP contribution in [-0.2, 0) is 10.0 Å². The maximum Gasteiger partial charge on any atom is 0.238 e. The predicted octanol–water partition coefficient (Wildman–Crippen LogP) is 1.46. The highest BCUT2D eigenvalue weighted by atomic mass is 32.2. The molecule has 5 N–H and O–H groups in total. The van der Waals surface area contributed by atoms with E-state index < -0.39 is 10.0 Å². The Balaban J connectivity index is 1.87. The number of nitrogens with two attached hydrogens (primary N) is 2. The number of benzene rings is 2. The van der Waals surface area contributed by atoms with Crippen LogP contribution in [0.2, 0.25) is 0 Å². The molecule has 21 heavy (non-hydrogen) atoms. The van der Waals surface area contributed by atoms with Crippen molar-refractivity contribution in [2.24, 2.45) is 5.14 Å². The van der Waals surface area contributed by atoms with Crippen LogP contribution in [0.5, 0.6) is 5.75 Å². The van der Waals surface area contributed by atoms with E-state index in [2.05, 4.69) is 5.32 Å². The Labute approximate surface area is 122 Å². The summed E-state index contributed by atoms with van der Waals surface area (Å²) in [6.07, 6.45) is 0. The van der Waals surface area contributed by atoms with Gasteiger partial charge in [-0.3, -0.25) is 0 Å². The number of anilines is 2. The second-order valence-corrected chi connectivity index (χ2v) is 6.40. The fraction of sp³-hybridized carbons (Fsp3) is 0.143. The van der Waals surface area contributed by atoms with Gasteiger partial charge in [0.1, 0.15) is 12.4 Å². The molecular formula is C14H15N3O3S. The molecule has 1 aliphatic heterocycles. The van der Waals surface area contributed by atoms with E-state index >= 15 is 0 Å². The first kappa shape index (κ1) is 13.7. The Morgan fingerprint density at radius 2 is 1.95 bits per heavy atom. The predicted molar refractivity (Wildman–Crippen MR) is 80.5 cm³/mol. The molecule has 0 saturated heterocycles. The third kappa shape index (κ3) is 2.65. The lowest BCUT2D eigenvalue weighted by Gasteiger charge is -2.15. The second-order valence-electron chi connectivity index (χ2n) is 4.84. The highest BCUT2D eigenvalue weighted by molar-refractivity contribution is 7.89. The molecule has 2 aromatic rings. The molecule has 0 amide bonds. The molecule has 0 fully saturated rings. The quantitative estimate of drug-likeness (QED) is 0.744. The van der Waals surface area contributed by atoms with Gasteiger partial charge in [0.2, 0.25) is 10.0 Å². The molecule has 7 heteroatoms. The smallest absolute Gasteiger partial charge is 0.238 e. The van der Waals surface area contributed by atoms with Crippen LogP contribution >= 0.6 is 0 Å². The second kappa shape index (κ2) is 4.94. The molecule has 0 radical (unpaired) electrons. The first-order chi connectivity index (χ1) is 9.95. The van der Waals surface area contributed by atoms with Crippen LogP contribution in [0.25, 0.3) is 0 Å². The summed E-state index contributed by atoms with van der Waals surface area (Å²) in [6, 6.07) is 12.1. The van der Waals surface area contributed by atoms with Crippen molar-refractivity contribution in [1.29, 1.82) is 0 Å². The molecule has 0 spiro atoms. The average molecular weight is 305 g/mol. The van der Waals surface area contributed by atoms with E-state index in [9.17, 15) is 8.42 Å². The summed E-state index contributed by atoms with van der Waals surface area (Å²) in [7, 11) is -3.75. The van der Waals surface area contributed by atoms with Crippen LogP contribution in [0.15, 0.2) is 47.4 Å². The number of sulfonamides is 1. The summed E-state index contributed by atoms with van der Waals surface area (Å²) in [6.45, 7) is 0.496. The lowest BCUT2D eigenvalue weighted by Crippen LogP contribution is -2.15. The molecule has 6 nitrogen and oxygen atoms in total. The van der Waals surface area contributed by atoms with Gasteiger partial charge in [-0.2, -0.15) is 0 Å². The molecule has 110 valence electrons. The number of ether oxygens (including phenoxy) is 1. The van der Waals surface area contributed by atoms with Crippen molar-refractivity contribution in [2.45, 2.75) is 10.9 Å². The lowest BCUT2D eigenvalue weighted by atomic mass is 10.1. The zero-order valence-corrected chi connectivity index (χ0v) is 11.9. The van der Waals surface area contributed by atoms with Crippen molar-refractivity contribution in [2.75, 3.05) is 17.7 Å². The third-order valence-electron chi connectivity index (χ3n) is 3.38. The molecule has 0 saturated carbocycles. The van der Waals surface area contributed by atoms with Gasteiger partial charge in [0.15, 0.2) is 0 Å². The molecule has 1 heterocycles. The van der Waals surface area contributed by atoms with Crippen molar-refractivity contribution in [3.8, 4) is 5.75 Å². The number of nitrogen functional groups attached to an aromatic ring is 1.